The molecular formula is C20H21N3O2. The second-order valence-corrected chi connectivity index (χ2v) is 6.68. The summed E-state index contributed by atoms with van der Waals surface area (Å²) in [6, 6.07) is 13.9. The van der Waals surface area contributed by atoms with Crippen molar-refractivity contribution in [1.82, 2.24) is 15.5 Å². The number of nitrogens with zero attached hydrogens (tertiary/aromatic N) is 1. The monoisotopic (exact) mass is 335 g/mol. The number of aromatic amines is 1. The van der Waals surface area contributed by atoms with Crippen LogP contribution in [-0.2, 0) is 0 Å². The van der Waals surface area contributed by atoms with E-state index in [-0.39, 0.29) is 11.9 Å². The Morgan fingerprint density at radius 1 is 1.24 bits per heavy atom. The molecule has 0 aliphatic heterocycles. The van der Waals surface area contributed by atoms with Crippen molar-refractivity contribution in [2.75, 3.05) is 7.11 Å². The van der Waals surface area contributed by atoms with Gasteiger partial charge >= 0.3 is 0 Å². The largest absolute Gasteiger partial charge is 0.497 e. The molecule has 1 atom stereocenters. The van der Waals surface area contributed by atoms with Gasteiger partial charge < -0.3 is 10.1 Å². The third-order valence-corrected chi connectivity index (χ3v) is 4.79. The quantitative estimate of drug-likeness (QED) is 0.746. The van der Waals surface area contributed by atoms with E-state index in [1.807, 2.05) is 49.4 Å². The van der Waals surface area contributed by atoms with E-state index in [2.05, 4.69) is 15.5 Å². The van der Waals surface area contributed by atoms with E-state index < -0.39 is 0 Å². The van der Waals surface area contributed by atoms with Gasteiger partial charge in [0.25, 0.3) is 5.91 Å². The number of ether oxygens (including phenoxy) is 1. The number of rotatable bonds is 5. The number of aryl methyl sites for hydroxylation is 1. The Labute approximate surface area is 146 Å². The molecule has 1 amide bonds. The second kappa shape index (κ2) is 6.24. The minimum absolute atomic E-state index is 0.00923. The van der Waals surface area contributed by atoms with Crippen molar-refractivity contribution in [2.24, 2.45) is 5.92 Å². The fourth-order valence-electron chi connectivity index (χ4n) is 3.22. The summed E-state index contributed by atoms with van der Waals surface area (Å²) in [4.78, 5) is 12.9. The van der Waals surface area contributed by atoms with E-state index in [9.17, 15) is 4.79 Å². The zero-order chi connectivity index (χ0) is 17.4. The molecule has 5 nitrogen and oxygen atoms in total. The molecule has 1 fully saturated rings. The third-order valence-electron chi connectivity index (χ3n) is 4.79. The maximum absolute atomic E-state index is 12.9. The maximum atomic E-state index is 12.9. The molecule has 1 saturated carbocycles. The highest BCUT2D eigenvalue weighted by Gasteiger charge is 2.34. The normalized spacial score (nSPS) is 15.1. The molecule has 128 valence electrons. The minimum atomic E-state index is -0.135. The first kappa shape index (κ1) is 15.7. The van der Waals surface area contributed by atoms with Crippen LogP contribution in [0, 0.1) is 12.8 Å². The van der Waals surface area contributed by atoms with Crippen LogP contribution in [0.5, 0.6) is 5.75 Å². The van der Waals surface area contributed by atoms with Crippen LogP contribution in [0.3, 0.4) is 0 Å². The van der Waals surface area contributed by atoms with E-state index in [1.54, 1.807) is 7.11 Å². The molecule has 1 unspecified atom stereocenters. The van der Waals surface area contributed by atoms with Crippen LogP contribution >= 0.6 is 0 Å². The highest BCUT2D eigenvalue weighted by Crippen LogP contribution is 2.41. The lowest BCUT2D eigenvalue weighted by molar-refractivity contribution is 0.0928. The van der Waals surface area contributed by atoms with E-state index in [1.165, 1.54) is 0 Å². The van der Waals surface area contributed by atoms with Crippen LogP contribution in [0.4, 0.5) is 0 Å². The SMILES string of the molecule is COc1ccc(C(NC(=O)c2n[nH]c3ccc(C)cc23)C2CC2)cc1. The number of H-pyrrole nitrogens is 1. The summed E-state index contributed by atoms with van der Waals surface area (Å²) in [5, 5.41) is 11.2. The Bertz CT molecular complexity index is 910. The molecule has 1 aromatic heterocycles. The Balaban J connectivity index is 1.61. The molecule has 0 radical (unpaired) electrons. The van der Waals surface area contributed by atoms with Gasteiger partial charge in [0, 0.05) is 5.39 Å². The van der Waals surface area contributed by atoms with E-state index in [4.69, 9.17) is 4.74 Å². The number of fused-ring (bicyclic) bond motifs is 1. The maximum Gasteiger partial charge on any atom is 0.272 e. The number of aromatic nitrogens is 2. The number of benzene rings is 2. The fourth-order valence-corrected chi connectivity index (χ4v) is 3.22. The molecule has 3 aromatic rings. The summed E-state index contributed by atoms with van der Waals surface area (Å²) in [5.74, 6) is 1.17. The standard InChI is InChI=1S/C20H21N3O2/c1-12-3-10-17-16(11-12)19(23-22-17)20(24)21-18(13-4-5-13)14-6-8-15(25-2)9-7-14/h3,6-11,13,18H,4-5H2,1-2H3,(H,21,24)(H,22,23). The van der Waals surface area contributed by atoms with Gasteiger partial charge in [-0.15, -0.1) is 0 Å². The van der Waals surface area contributed by atoms with Gasteiger partial charge in [-0.25, -0.2) is 0 Å². The average molecular weight is 335 g/mol. The lowest BCUT2D eigenvalue weighted by atomic mass is 10.0. The predicted molar refractivity (Wildman–Crippen MR) is 96.8 cm³/mol. The molecule has 1 heterocycles. The highest BCUT2D eigenvalue weighted by molar-refractivity contribution is 6.05. The van der Waals surface area contributed by atoms with Crippen molar-refractivity contribution >= 4 is 16.8 Å². The lowest BCUT2D eigenvalue weighted by Crippen LogP contribution is -2.30. The molecule has 25 heavy (non-hydrogen) atoms. The molecule has 0 bridgehead atoms. The van der Waals surface area contributed by atoms with Gasteiger partial charge in [0.1, 0.15) is 5.75 Å². The lowest BCUT2D eigenvalue weighted by Gasteiger charge is -2.18. The van der Waals surface area contributed by atoms with Crippen LogP contribution in [0.25, 0.3) is 10.9 Å². The summed E-state index contributed by atoms with van der Waals surface area (Å²) in [5.41, 5.74) is 3.55. The summed E-state index contributed by atoms with van der Waals surface area (Å²) in [7, 11) is 1.65. The number of carbonyl (C=O) groups is 1. The van der Waals surface area contributed by atoms with Gasteiger partial charge in [-0.3, -0.25) is 9.89 Å². The fraction of sp³-hybridized carbons (Fsp3) is 0.300. The Morgan fingerprint density at radius 3 is 2.68 bits per heavy atom. The number of hydrogen-bond donors (Lipinski definition) is 2. The van der Waals surface area contributed by atoms with Gasteiger partial charge in [0.05, 0.1) is 18.7 Å². The second-order valence-electron chi connectivity index (χ2n) is 6.68. The average Bonchev–Trinajstić information content (AvgIpc) is 3.39. The van der Waals surface area contributed by atoms with Crippen LogP contribution < -0.4 is 10.1 Å². The van der Waals surface area contributed by atoms with Crippen molar-refractivity contribution in [3.05, 3.63) is 59.3 Å². The summed E-state index contributed by atoms with van der Waals surface area (Å²) < 4.78 is 5.22. The number of methoxy groups -OCH3 is 1. The minimum Gasteiger partial charge on any atom is -0.497 e. The smallest absolute Gasteiger partial charge is 0.272 e. The van der Waals surface area contributed by atoms with Crippen molar-refractivity contribution in [3.8, 4) is 5.75 Å². The van der Waals surface area contributed by atoms with Gasteiger partial charge in [-0.05, 0) is 55.5 Å². The van der Waals surface area contributed by atoms with Crippen molar-refractivity contribution in [2.45, 2.75) is 25.8 Å². The Hall–Kier alpha value is -2.82. The van der Waals surface area contributed by atoms with Gasteiger partial charge in [0.2, 0.25) is 0 Å². The zero-order valence-corrected chi connectivity index (χ0v) is 14.4. The molecule has 1 aliphatic rings. The number of carbonyl (C=O) groups excluding carboxylic acids is 1. The van der Waals surface area contributed by atoms with Gasteiger partial charge in [-0.1, -0.05) is 23.8 Å². The molecular weight excluding hydrogens is 314 g/mol. The molecule has 0 saturated heterocycles. The Kier molecular flexibility index (Phi) is 3.92. The summed E-state index contributed by atoms with van der Waals surface area (Å²) >= 11 is 0. The first-order valence-corrected chi connectivity index (χ1v) is 8.55. The van der Waals surface area contributed by atoms with Crippen LogP contribution in [0.15, 0.2) is 42.5 Å². The number of amides is 1. The molecule has 0 spiro atoms. The van der Waals surface area contributed by atoms with Crippen LogP contribution in [-0.4, -0.2) is 23.2 Å². The first-order valence-electron chi connectivity index (χ1n) is 8.55. The van der Waals surface area contributed by atoms with Crippen molar-refractivity contribution in [3.63, 3.8) is 0 Å². The molecule has 5 heteroatoms. The van der Waals surface area contributed by atoms with E-state index in [0.29, 0.717) is 11.6 Å². The first-order chi connectivity index (χ1) is 12.2. The molecule has 2 aromatic carbocycles. The van der Waals surface area contributed by atoms with Crippen LogP contribution in [0.1, 0.15) is 40.5 Å². The van der Waals surface area contributed by atoms with Crippen molar-refractivity contribution in [1.29, 1.82) is 0 Å². The predicted octanol–water partition coefficient (Wildman–Crippen LogP) is 3.76. The number of nitrogens with one attached hydrogen (secondary N) is 2. The van der Waals surface area contributed by atoms with Crippen LogP contribution in [0.2, 0.25) is 0 Å². The number of hydrogen-bond acceptors (Lipinski definition) is 3. The van der Waals surface area contributed by atoms with Gasteiger partial charge in [-0.2, -0.15) is 5.10 Å². The molecule has 1 aliphatic carbocycles. The zero-order valence-electron chi connectivity index (χ0n) is 14.4. The highest BCUT2D eigenvalue weighted by atomic mass is 16.5. The summed E-state index contributed by atoms with van der Waals surface area (Å²) in [6.07, 6.45) is 2.27. The molecule has 2 N–H and O–H groups in total. The van der Waals surface area contributed by atoms with Crippen molar-refractivity contribution < 1.29 is 9.53 Å². The molecule has 4 rings (SSSR count). The Morgan fingerprint density at radius 2 is 2.00 bits per heavy atom. The third kappa shape index (κ3) is 3.09. The van der Waals surface area contributed by atoms with E-state index >= 15 is 0 Å². The summed E-state index contributed by atoms with van der Waals surface area (Å²) in [6.45, 7) is 2.01. The van der Waals surface area contributed by atoms with Gasteiger partial charge in [0.15, 0.2) is 5.69 Å². The topological polar surface area (TPSA) is 67.0 Å². The van der Waals surface area contributed by atoms with E-state index in [0.717, 1.165) is 40.6 Å².